The van der Waals surface area contributed by atoms with E-state index in [2.05, 4.69) is 0 Å². The molecule has 94 valence electrons. The number of phenols is 1. The molecule has 0 aromatic heterocycles. The number of aromatic carboxylic acids is 1. The van der Waals surface area contributed by atoms with Crippen molar-refractivity contribution in [3.63, 3.8) is 0 Å². The molecule has 3 heteroatoms. The SMILES string of the molecule is CC(C)c1cc(O)c(C(=O)O)cc1C(C)(C)C. The number of rotatable bonds is 2. The van der Waals surface area contributed by atoms with E-state index < -0.39 is 5.97 Å². The number of hydrogen-bond acceptors (Lipinski definition) is 2. The van der Waals surface area contributed by atoms with Crippen molar-refractivity contribution in [1.82, 2.24) is 0 Å². The van der Waals surface area contributed by atoms with Gasteiger partial charge in [0.1, 0.15) is 11.3 Å². The highest BCUT2D eigenvalue weighted by atomic mass is 16.4. The molecule has 0 aliphatic rings. The Bertz CT molecular complexity index is 440. The standard InChI is InChI=1S/C14H20O3/c1-8(2)9-7-12(15)10(13(16)17)6-11(9)14(3,4)5/h6-8,15H,1-5H3,(H,16,17). The highest BCUT2D eigenvalue weighted by Crippen LogP contribution is 2.35. The van der Waals surface area contributed by atoms with E-state index >= 15 is 0 Å². The molecule has 0 aliphatic carbocycles. The molecule has 0 amide bonds. The van der Waals surface area contributed by atoms with Crippen LogP contribution in [0.2, 0.25) is 0 Å². The van der Waals surface area contributed by atoms with Crippen molar-refractivity contribution in [3.05, 3.63) is 28.8 Å². The molecule has 1 rings (SSSR count). The summed E-state index contributed by atoms with van der Waals surface area (Å²) in [4.78, 5) is 11.0. The summed E-state index contributed by atoms with van der Waals surface area (Å²) >= 11 is 0. The van der Waals surface area contributed by atoms with E-state index in [9.17, 15) is 9.90 Å². The first kappa shape index (κ1) is 13.6. The first-order valence-electron chi connectivity index (χ1n) is 5.75. The van der Waals surface area contributed by atoms with Crippen molar-refractivity contribution in [2.24, 2.45) is 0 Å². The largest absolute Gasteiger partial charge is 0.507 e. The summed E-state index contributed by atoms with van der Waals surface area (Å²) in [5.41, 5.74) is 1.80. The van der Waals surface area contributed by atoms with Crippen molar-refractivity contribution in [1.29, 1.82) is 0 Å². The molecule has 0 aliphatic heterocycles. The average Bonchev–Trinajstić information content (AvgIpc) is 2.14. The summed E-state index contributed by atoms with van der Waals surface area (Å²) in [5.74, 6) is -1.00. The minimum atomic E-state index is -1.09. The van der Waals surface area contributed by atoms with E-state index in [1.807, 2.05) is 34.6 Å². The fourth-order valence-corrected chi connectivity index (χ4v) is 1.90. The van der Waals surface area contributed by atoms with E-state index in [1.165, 1.54) is 0 Å². The Morgan fingerprint density at radius 3 is 2.12 bits per heavy atom. The molecular weight excluding hydrogens is 216 g/mol. The van der Waals surface area contributed by atoms with Gasteiger partial charge in [-0.2, -0.15) is 0 Å². The molecule has 0 fully saturated rings. The van der Waals surface area contributed by atoms with Gasteiger partial charge >= 0.3 is 5.97 Å². The predicted octanol–water partition coefficient (Wildman–Crippen LogP) is 3.51. The first-order chi connectivity index (χ1) is 7.64. The Labute approximate surface area is 102 Å². The molecule has 0 spiro atoms. The van der Waals surface area contributed by atoms with Crippen LogP contribution in [0.15, 0.2) is 12.1 Å². The van der Waals surface area contributed by atoms with Crippen molar-refractivity contribution in [3.8, 4) is 5.75 Å². The van der Waals surface area contributed by atoms with Gasteiger partial charge in [0.15, 0.2) is 0 Å². The smallest absolute Gasteiger partial charge is 0.339 e. The molecule has 1 aromatic carbocycles. The van der Waals surface area contributed by atoms with Crippen LogP contribution in [0.5, 0.6) is 5.75 Å². The van der Waals surface area contributed by atoms with E-state index in [4.69, 9.17) is 5.11 Å². The lowest BCUT2D eigenvalue weighted by atomic mass is 9.79. The highest BCUT2D eigenvalue weighted by Gasteiger charge is 2.23. The summed E-state index contributed by atoms with van der Waals surface area (Å²) in [5, 5.41) is 18.7. The van der Waals surface area contributed by atoms with Crippen LogP contribution in [0.3, 0.4) is 0 Å². The summed E-state index contributed by atoms with van der Waals surface area (Å²) in [6, 6.07) is 3.17. The van der Waals surface area contributed by atoms with Crippen LogP contribution in [0.4, 0.5) is 0 Å². The summed E-state index contributed by atoms with van der Waals surface area (Å²) in [6.07, 6.45) is 0. The summed E-state index contributed by atoms with van der Waals surface area (Å²) in [7, 11) is 0. The zero-order chi connectivity index (χ0) is 13.4. The molecular formula is C14H20O3. The van der Waals surface area contributed by atoms with Crippen molar-refractivity contribution >= 4 is 5.97 Å². The van der Waals surface area contributed by atoms with E-state index in [-0.39, 0.29) is 22.6 Å². The Morgan fingerprint density at radius 1 is 1.24 bits per heavy atom. The van der Waals surface area contributed by atoms with Crippen LogP contribution < -0.4 is 0 Å². The van der Waals surface area contributed by atoms with Gasteiger partial charge in [-0.3, -0.25) is 0 Å². The van der Waals surface area contributed by atoms with Crippen molar-refractivity contribution in [2.45, 2.75) is 46.0 Å². The normalized spacial score (nSPS) is 11.9. The fraction of sp³-hybridized carbons (Fsp3) is 0.500. The maximum absolute atomic E-state index is 11.0. The number of hydrogen-bond donors (Lipinski definition) is 2. The third-order valence-electron chi connectivity index (χ3n) is 2.83. The molecule has 0 unspecified atom stereocenters. The monoisotopic (exact) mass is 236 g/mol. The molecule has 0 heterocycles. The molecule has 2 N–H and O–H groups in total. The predicted molar refractivity (Wildman–Crippen MR) is 67.9 cm³/mol. The minimum absolute atomic E-state index is 0.0284. The maximum atomic E-state index is 11.0. The van der Waals surface area contributed by atoms with Gasteiger partial charge in [-0.15, -0.1) is 0 Å². The first-order valence-corrected chi connectivity index (χ1v) is 5.75. The van der Waals surface area contributed by atoms with Gasteiger partial charge in [0.05, 0.1) is 0 Å². The van der Waals surface area contributed by atoms with Gasteiger partial charge in [-0.1, -0.05) is 34.6 Å². The second-order valence-corrected chi connectivity index (χ2v) is 5.67. The second-order valence-electron chi connectivity index (χ2n) is 5.67. The molecule has 0 atom stereocenters. The van der Waals surface area contributed by atoms with Crippen LogP contribution in [-0.2, 0) is 5.41 Å². The third kappa shape index (κ3) is 2.78. The van der Waals surface area contributed by atoms with Crippen LogP contribution in [0.25, 0.3) is 0 Å². The topological polar surface area (TPSA) is 57.5 Å². The van der Waals surface area contributed by atoms with E-state index in [0.717, 1.165) is 11.1 Å². The lowest BCUT2D eigenvalue weighted by molar-refractivity contribution is 0.0693. The quantitative estimate of drug-likeness (QED) is 0.826. The Kier molecular flexibility index (Phi) is 3.51. The number of carbonyl (C=O) groups is 1. The Hall–Kier alpha value is -1.51. The van der Waals surface area contributed by atoms with Crippen LogP contribution >= 0.6 is 0 Å². The second kappa shape index (κ2) is 4.40. The van der Waals surface area contributed by atoms with Gasteiger partial charge in [0.2, 0.25) is 0 Å². The van der Waals surface area contributed by atoms with Crippen LogP contribution in [0.1, 0.15) is 62.0 Å². The zero-order valence-corrected chi connectivity index (χ0v) is 11.0. The van der Waals surface area contributed by atoms with E-state index in [0.29, 0.717) is 0 Å². The maximum Gasteiger partial charge on any atom is 0.339 e. The summed E-state index contributed by atoms with van der Waals surface area (Å²) < 4.78 is 0. The van der Waals surface area contributed by atoms with E-state index in [1.54, 1.807) is 12.1 Å². The summed E-state index contributed by atoms with van der Waals surface area (Å²) in [6.45, 7) is 10.2. The van der Waals surface area contributed by atoms with Gasteiger partial charge in [-0.05, 0) is 34.6 Å². The molecule has 0 saturated heterocycles. The molecule has 0 radical (unpaired) electrons. The van der Waals surface area contributed by atoms with Crippen LogP contribution in [-0.4, -0.2) is 16.2 Å². The van der Waals surface area contributed by atoms with Crippen LogP contribution in [0, 0.1) is 0 Å². The van der Waals surface area contributed by atoms with Crippen molar-refractivity contribution in [2.75, 3.05) is 0 Å². The lowest BCUT2D eigenvalue weighted by Gasteiger charge is -2.25. The number of aromatic hydroxyl groups is 1. The molecule has 0 saturated carbocycles. The fourth-order valence-electron chi connectivity index (χ4n) is 1.90. The number of carboxylic acids is 1. The molecule has 0 bridgehead atoms. The van der Waals surface area contributed by atoms with Gasteiger partial charge in [0, 0.05) is 0 Å². The number of carboxylic acid groups (broad SMARTS) is 1. The molecule has 17 heavy (non-hydrogen) atoms. The minimum Gasteiger partial charge on any atom is -0.507 e. The molecule has 1 aromatic rings. The van der Waals surface area contributed by atoms with Gasteiger partial charge < -0.3 is 10.2 Å². The zero-order valence-electron chi connectivity index (χ0n) is 11.0. The Balaban J connectivity index is 3.54. The lowest BCUT2D eigenvalue weighted by Crippen LogP contribution is -2.16. The average molecular weight is 236 g/mol. The number of benzene rings is 1. The molecule has 3 nitrogen and oxygen atoms in total. The van der Waals surface area contributed by atoms with Crippen molar-refractivity contribution < 1.29 is 15.0 Å². The van der Waals surface area contributed by atoms with Gasteiger partial charge in [-0.25, -0.2) is 4.79 Å². The Morgan fingerprint density at radius 2 is 1.76 bits per heavy atom. The van der Waals surface area contributed by atoms with Gasteiger partial charge in [0.25, 0.3) is 0 Å². The highest BCUT2D eigenvalue weighted by molar-refractivity contribution is 5.91. The third-order valence-corrected chi connectivity index (χ3v) is 2.83.